The van der Waals surface area contributed by atoms with Crippen LogP contribution in [0.5, 0.6) is 5.88 Å². The molecule has 92 valence electrons. The standard InChI is InChI=1S/C12H14BN3O2/c13-10-7-14-11-5-6-12(15-16(10)11)18-9-3-1-8(17)2-4-9/h5-9,17H,1-4H2. The summed E-state index contributed by atoms with van der Waals surface area (Å²) < 4.78 is 7.37. The van der Waals surface area contributed by atoms with E-state index in [4.69, 9.17) is 12.6 Å². The van der Waals surface area contributed by atoms with Crippen LogP contribution in [0.15, 0.2) is 18.3 Å². The van der Waals surface area contributed by atoms with Crippen LogP contribution in [0.2, 0.25) is 0 Å². The van der Waals surface area contributed by atoms with Crippen LogP contribution >= 0.6 is 0 Å². The molecule has 1 N–H and O–H groups in total. The molecule has 1 aliphatic carbocycles. The predicted molar refractivity (Wildman–Crippen MR) is 67.3 cm³/mol. The van der Waals surface area contributed by atoms with E-state index in [1.165, 1.54) is 0 Å². The van der Waals surface area contributed by atoms with Crippen molar-refractivity contribution in [3.63, 3.8) is 0 Å². The highest BCUT2D eigenvalue weighted by Gasteiger charge is 2.21. The van der Waals surface area contributed by atoms with Gasteiger partial charge in [0.05, 0.1) is 6.10 Å². The predicted octanol–water partition coefficient (Wildman–Crippen LogP) is 0.205. The zero-order valence-corrected chi connectivity index (χ0v) is 9.99. The summed E-state index contributed by atoms with van der Waals surface area (Å²) in [4.78, 5) is 4.10. The molecule has 0 saturated heterocycles. The van der Waals surface area contributed by atoms with Gasteiger partial charge in [0, 0.05) is 17.9 Å². The zero-order valence-electron chi connectivity index (χ0n) is 9.99. The molecule has 0 spiro atoms. The fourth-order valence-corrected chi connectivity index (χ4v) is 2.27. The van der Waals surface area contributed by atoms with Crippen molar-refractivity contribution in [2.75, 3.05) is 0 Å². The Morgan fingerprint density at radius 1 is 1.28 bits per heavy atom. The maximum atomic E-state index is 9.44. The quantitative estimate of drug-likeness (QED) is 0.766. The van der Waals surface area contributed by atoms with Crippen LogP contribution < -0.4 is 10.3 Å². The third-order valence-electron chi connectivity index (χ3n) is 3.30. The summed E-state index contributed by atoms with van der Waals surface area (Å²) in [5.41, 5.74) is 1.20. The highest BCUT2D eigenvalue weighted by Crippen LogP contribution is 2.22. The van der Waals surface area contributed by atoms with Gasteiger partial charge in [0.15, 0.2) is 5.65 Å². The van der Waals surface area contributed by atoms with Crippen molar-refractivity contribution in [1.29, 1.82) is 0 Å². The van der Waals surface area contributed by atoms with Crippen LogP contribution in [-0.4, -0.2) is 39.8 Å². The number of ether oxygens (including phenoxy) is 1. The van der Waals surface area contributed by atoms with E-state index >= 15 is 0 Å². The first-order valence-corrected chi connectivity index (χ1v) is 6.17. The topological polar surface area (TPSA) is 59.7 Å². The van der Waals surface area contributed by atoms with E-state index < -0.39 is 0 Å². The Kier molecular flexibility index (Phi) is 2.95. The van der Waals surface area contributed by atoms with E-state index in [-0.39, 0.29) is 12.2 Å². The molecule has 0 amide bonds. The van der Waals surface area contributed by atoms with Gasteiger partial charge < -0.3 is 9.84 Å². The molecule has 0 aromatic carbocycles. The van der Waals surface area contributed by atoms with Crippen molar-refractivity contribution in [2.24, 2.45) is 0 Å². The maximum absolute atomic E-state index is 9.44. The average molecular weight is 243 g/mol. The Morgan fingerprint density at radius 2 is 2.06 bits per heavy atom. The first kappa shape index (κ1) is 11.5. The van der Waals surface area contributed by atoms with Gasteiger partial charge >= 0.3 is 0 Å². The molecule has 6 heteroatoms. The van der Waals surface area contributed by atoms with Crippen molar-refractivity contribution < 1.29 is 9.84 Å². The van der Waals surface area contributed by atoms with Crippen LogP contribution in [0.1, 0.15) is 25.7 Å². The van der Waals surface area contributed by atoms with Gasteiger partial charge in [-0.1, -0.05) is 0 Å². The minimum atomic E-state index is -0.176. The van der Waals surface area contributed by atoms with E-state index in [1.807, 2.05) is 6.07 Å². The molecule has 2 radical (unpaired) electrons. The number of aliphatic hydroxyl groups is 1. The van der Waals surface area contributed by atoms with Gasteiger partial charge in [-0.05, 0) is 31.7 Å². The number of nitrogens with zero attached hydrogens (tertiary/aromatic N) is 3. The van der Waals surface area contributed by atoms with Gasteiger partial charge in [-0.15, -0.1) is 5.10 Å². The molecule has 1 saturated carbocycles. The van der Waals surface area contributed by atoms with Crippen LogP contribution in [0.25, 0.3) is 5.65 Å². The number of fused-ring (bicyclic) bond motifs is 1. The Balaban J connectivity index is 1.76. The number of imidazole rings is 1. The van der Waals surface area contributed by atoms with Gasteiger partial charge in [-0.3, -0.25) is 0 Å². The minimum absolute atomic E-state index is 0.128. The second-order valence-corrected chi connectivity index (χ2v) is 4.67. The molecule has 3 rings (SSSR count). The Bertz CT molecular complexity index is 549. The highest BCUT2D eigenvalue weighted by atomic mass is 16.5. The fraction of sp³-hybridized carbons (Fsp3) is 0.500. The summed E-state index contributed by atoms with van der Waals surface area (Å²) in [6.07, 6.45) is 4.83. The van der Waals surface area contributed by atoms with E-state index in [9.17, 15) is 5.11 Å². The molecule has 0 unspecified atom stereocenters. The fourth-order valence-electron chi connectivity index (χ4n) is 2.27. The average Bonchev–Trinajstić information content (AvgIpc) is 2.74. The second kappa shape index (κ2) is 4.61. The van der Waals surface area contributed by atoms with Crippen LogP contribution in [-0.2, 0) is 0 Å². The molecule has 18 heavy (non-hydrogen) atoms. The molecule has 1 aliphatic rings. The van der Waals surface area contributed by atoms with Gasteiger partial charge in [0.25, 0.3) is 0 Å². The lowest BCUT2D eigenvalue weighted by molar-refractivity contribution is 0.0638. The van der Waals surface area contributed by atoms with E-state index in [0.717, 1.165) is 25.7 Å². The first-order chi connectivity index (χ1) is 8.72. The van der Waals surface area contributed by atoms with E-state index in [2.05, 4.69) is 10.1 Å². The third-order valence-corrected chi connectivity index (χ3v) is 3.30. The van der Waals surface area contributed by atoms with Crippen molar-refractivity contribution >= 4 is 19.1 Å². The van der Waals surface area contributed by atoms with Crippen molar-refractivity contribution in [1.82, 2.24) is 14.6 Å². The monoisotopic (exact) mass is 243 g/mol. The third kappa shape index (κ3) is 2.20. The smallest absolute Gasteiger partial charge is 0.232 e. The maximum Gasteiger partial charge on any atom is 0.232 e. The number of aliphatic hydroxyl groups excluding tert-OH is 1. The van der Waals surface area contributed by atoms with Gasteiger partial charge in [0.2, 0.25) is 5.88 Å². The van der Waals surface area contributed by atoms with Crippen molar-refractivity contribution in [3.05, 3.63) is 18.3 Å². The summed E-state index contributed by atoms with van der Waals surface area (Å²) in [5.74, 6) is 0.550. The summed E-state index contributed by atoms with van der Waals surface area (Å²) in [5, 5.41) is 13.7. The van der Waals surface area contributed by atoms with Gasteiger partial charge in [-0.25, -0.2) is 9.50 Å². The molecule has 2 aromatic heterocycles. The lowest BCUT2D eigenvalue weighted by Crippen LogP contribution is -2.27. The SMILES string of the molecule is [B]c1cnc2ccc(OC3CCC(O)CC3)nn12. The summed E-state index contributed by atoms with van der Waals surface area (Å²) in [6, 6.07) is 3.63. The highest BCUT2D eigenvalue weighted by molar-refractivity contribution is 6.30. The molecule has 0 aliphatic heterocycles. The Hall–Kier alpha value is -1.56. The lowest BCUT2D eigenvalue weighted by atomic mass is 9.95. The summed E-state index contributed by atoms with van der Waals surface area (Å²) >= 11 is 0. The molecule has 0 bridgehead atoms. The van der Waals surface area contributed by atoms with Crippen molar-refractivity contribution in [3.8, 4) is 5.88 Å². The van der Waals surface area contributed by atoms with Crippen LogP contribution in [0.3, 0.4) is 0 Å². The number of rotatable bonds is 2. The number of hydrogen-bond acceptors (Lipinski definition) is 4. The molecule has 0 atom stereocenters. The Labute approximate surface area is 106 Å². The normalized spacial score (nSPS) is 24.3. The van der Waals surface area contributed by atoms with Crippen molar-refractivity contribution in [2.45, 2.75) is 37.9 Å². The van der Waals surface area contributed by atoms with Gasteiger partial charge in [0.1, 0.15) is 14.0 Å². The molecule has 2 heterocycles. The molecule has 5 nitrogen and oxygen atoms in total. The van der Waals surface area contributed by atoms with Crippen LogP contribution in [0.4, 0.5) is 0 Å². The van der Waals surface area contributed by atoms with E-state index in [1.54, 1.807) is 16.8 Å². The number of hydrogen-bond donors (Lipinski definition) is 1. The Morgan fingerprint density at radius 3 is 2.83 bits per heavy atom. The second-order valence-electron chi connectivity index (χ2n) is 4.67. The zero-order chi connectivity index (χ0) is 12.5. The number of aromatic nitrogens is 3. The van der Waals surface area contributed by atoms with Gasteiger partial charge in [-0.2, -0.15) is 0 Å². The molecule has 2 aromatic rings. The molecular formula is C12H14BN3O2. The first-order valence-electron chi connectivity index (χ1n) is 6.17. The van der Waals surface area contributed by atoms with E-state index in [0.29, 0.717) is 17.1 Å². The minimum Gasteiger partial charge on any atom is -0.473 e. The van der Waals surface area contributed by atoms with Crippen LogP contribution in [0, 0.1) is 0 Å². The largest absolute Gasteiger partial charge is 0.473 e. The molecular weight excluding hydrogens is 229 g/mol. The summed E-state index contributed by atoms with van der Waals surface area (Å²) in [7, 11) is 5.75. The summed E-state index contributed by atoms with van der Waals surface area (Å²) in [6.45, 7) is 0. The molecule has 1 fully saturated rings. The lowest BCUT2D eigenvalue weighted by Gasteiger charge is -2.25.